The minimum Gasteiger partial charge on any atom is -0.492 e. The monoisotopic (exact) mass is 493 g/mol. The predicted molar refractivity (Wildman–Crippen MR) is 134 cm³/mol. The largest absolute Gasteiger partial charge is 0.492 e. The van der Waals surface area contributed by atoms with Gasteiger partial charge in [0.05, 0.1) is 41.1 Å². The van der Waals surface area contributed by atoms with Gasteiger partial charge < -0.3 is 19.7 Å². The molecule has 2 aromatic rings. The van der Waals surface area contributed by atoms with Crippen molar-refractivity contribution in [2.45, 2.75) is 45.3 Å². The van der Waals surface area contributed by atoms with Gasteiger partial charge in [0.25, 0.3) is 11.8 Å². The summed E-state index contributed by atoms with van der Waals surface area (Å²) in [4.78, 5) is 53.7. The predicted octanol–water partition coefficient (Wildman–Crippen LogP) is 3.44. The molecule has 1 heterocycles. The molecule has 9 heteroatoms. The van der Waals surface area contributed by atoms with Gasteiger partial charge in [0.1, 0.15) is 23.9 Å². The number of amides is 2. The summed E-state index contributed by atoms with van der Waals surface area (Å²) >= 11 is 0. The molecule has 9 nitrogen and oxygen atoms in total. The average Bonchev–Trinajstić information content (AvgIpc) is 3.06. The molecular formula is C27H31N3O6. The summed E-state index contributed by atoms with van der Waals surface area (Å²) < 4.78 is 11.8. The van der Waals surface area contributed by atoms with E-state index in [1.165, 1.54) is 0 Å². The molecule has 1 aliphatic heterocycles. The zero-order valence-corrected chi connectivity index (χ0v) is 21.0. The van der Waals surface area contributed by atoms with Gasteiger partial charge in [-0.2, -0.15) is 0 Å². The summed E-state index contributed by atoms with van der Waals surface area (Å²) in [5.41, 5.74) is 1.47. The number of carbonyl (C=O) groups excluding carboxylic acids is 4. The molecule has 2 aliphatic rings. The fourth-order valence-electron chi connectivity index (χ4n) is 4.36. The Morgan fingerprint density at radius 1 is 1.06 bits per heavy atom. The number of fused-ring (bicyclic) bond motifs is 1. The van der Waals surface area contributed by atoms with E-state index in [0.717, 1.165) is 11.4 Å². The Hall–Kier alpha value is -3.72. The van der Waals surface area contributed by atoms with Gasteiger partial charge in [0.15, 0.2) is 5.78 Å². The molecule has 0 radical (unpaired) electrons. The number of rotatable bonds is 9. The van der Waals surface area contributed by atoms with Crippen molar-refractivity contribution in [2.75, 3.05) is 32.6 Å². The number of Topliss-reactive ketones (excluding diaryl/α,β-unsaturated/α-hetero) is 2. The molecule has 36 heavy (non-hydrogen) atoms. The highest BCUT2D eigenvalue weighted by Crippen LogP contribution is 2.37. The van der Waals surface area contributed by atoms with Crippen LogP contribution in [0.3, 0.4) is 0 Å². The quantitative estimate of drug-likeness (QED) is 0.418. The lowest BCUT2D eigenvalue weighted by Gasteiger charge is -2.27. The number of ketones is 2. The maximum absolute atomic E-state index is 13.4. The van der Waals surface area contributed by atoms with E-state index in [-0.39, 0.29) is 42.3 Å². The van der Waals surface area contributed by atoms with Crippen LogP contribution in [-0.2, 0) is 9.59 Å². The molecule has 1 fully saturated rings. The van der Waals surface area contributed by atoms with Gasteiger partial charge in [-0.15, -0.1) is 0 Å². The van der Waals surface area contributed by atoms with E-state index in [1.807, 2.05) is 38.9 Å². The molecule has 1 saturated carbocycles. The summed E-state index contributed by atoms with van der Waals surface area (Å²) in [5.74, 6) is -0.427. The van der Waals surface area contributed by atoms with E-state index in [9.17, 15) is 19.2 Å². The molecule has 4 rings (SSSR count). The fourth-order valence-corrected chi connectivity index (χ4v) is 4.36. The molecular weight excluding hydrogens is 462 g/mol. The first kappa shape index (κ1) is 25.4. The van der Waals surface area contributed by atoms with Crippen molar-refractivity contribution in [1.82, 2.24) is 9.80 Å². The van der Waals surface area contributed by atoms with Crippen LogP contribution < -0.4 is 14.8 Å². The highest BCUT2D eigenvalue weighted by atomic mass is 16.5. The van der Waals surface area contributed by atoms with Crippen LogP contribution in [0.15, 0.2) is 36.4 Å². The number of carbonyl (C=O) groups is 4. The molecule has 0 aromatic heterocycles. The van der Waals surface area contributed by atoms with Gasteiger partial charge in [0, 0.05) is 19.0 Å². The van der Waals surface area contributed by atoms with E-state index in [4.69, 9.17) is 9.47 Å². The van der Waals surface area contributed by atoms with Crippen LogP contribution in [0.25, 0.3) is 0 Å². The van der Waals surface area contributed by atoms with E-state index >= 15 is 0 Å². The molecule has 1 atom stereocenters. The van der Waals surface area contributed by atoms with Crippen molar-refractivity contribution in [3.63, 3.8) is 0 Å². The number of ether oxygens (including phenoxy) is 2. The van der Waals surface area contributed by atoms with Crippen molar-refractivity contribution in [3.05, 3.63) is 47.5 Å². The van der Waals surface area contributed by atoms with Gasteiger partial charge in [-0.1, -0.05) is 6.07 Å². The molecule has 2 aromatic carbocycles. The van der Waals surface area contributed by atoms with Gasteiger partial charge in [0.2, 0.25) is 0 Å². The van der Waals surface area contributed by atoms with Crippen molar-refractivity contribution in [1.29, 1.82) is 0 Å². The van der Waals surface area contributed by atoms with Gasteiger partial charge in [-0.05, 0) is 58.6 Å². The smallest absolute Gasteiger partial charge is 0.264 e. The van der Waals surface area contributed by atoms with Crippen LogP contribution in [0.4, 0.5) is 11.4 Å². The Morgan fingerprint density at radius 2 is 1.83 bits per heavy atom. The second-order valence-electron chi connectivity index (χ2n) is 9.55. The maximum Gasteiger partial charge on any atom is 0.264 e. The topological polar surface area (TPSA) is 105 Å². The first-order chi connectivity index (χ1) is 17.2. The van der Waals surface area contributed by atoms with E-state index < -0.39 is 23.6 Å². The number of benzene rings is 2. The number of nitrogens with one attached hydrogen (secondary N) is 1. The van der Waals surface area contributed by atoms with Crippen LogP contribution in [0.1, 0.15) is 53.8 Å². The Labute approximate surface area is 210 Å². The molecule has 1 N–H and O–H groups in total. The standard InChI is InChI=1S/C27H31N3O6/c1-16(2)36-24-15-18(35-13-12-29(3)4)9-10-20(24)28-21-7-5-6-19-25(21)27(34)30(26(19)33)22-11-8-17(31)14-23(22)32/h5-7,9-10,15-16,22,28H,8,11-14H2,1-4H3. The van der Waals surface area contributed by atoms with Crippen LogP contribution >= 0.6 is 0 Å². The second-order valence-corrected chi connectivity index (χ2v) is 9.55. The molecule has 1 unspecified atom stereocenters. The first-order valence-corrected chi connectivity index (χ1v) is 12.1. The maximum atomic E-state index is 13.4. The number of imide groups is 1. The highest BCUT2D eigenvalue weighted by Gasteiger charge is 2.45. The molecule has 0 saturated heterocycles. The number of hydrogen-bond donors (Lipinski definition) is 1. The number of anilines is 2. The van der Waals surface area contributed by atoms with Crippen molar-refractivity contribution >= 4 is 34.8 Å². The Morgan fingerprint density at radius 3 is 2.53 bits per heavy atom. The first-order valence-electron chi connectivity index (χ1n) is 12.1. The van der Waals surface area contributed by atoms with Crippen molar-refractivity contribution < 1.29 is 28.7 Å². The second kappa shape index (κ2) is 10.5. The lowest BCUT2D eigenvalue weighted by Crippen LogP contribution is -2.47. The average molecular weight is 494 g/mol. The Balaban J connectivity index is 1.62. The van der Waals surface area contributed by atoms with Gasteiger partial charge >= 0.3 is 0 Å². The molecule has 190 valence electrons. The van der Waals surface area contributed by atoms with Crippen LogP contribution in [0.2, 0.25) is 0 Å². The third-order valence-corrected chi connectivity index (χ3v) is 6.09. The summed E-state index contributed by atoms with van der Waals surface area (Å²) in [6.07, 6.45) is -0.0218. The zero-order chi connectivity index (χ0) is 26.0. The molecule has 0 bridgehead atoms. The van der Waals surface area contributed by atoms with Crippen LogP contribution in [-0.4, -0.2) is 72.6 Å². The minimum atomic E-state index is -0.915. The zero-order valence-electron chi connectivity index (χ0n) is 21.0. The summed E-state index contributed by atoms with van der Waals surface area (Å²) in [7, 11) is 3.94. The van der Waals surface area contributed by atoms with Gasteiger partial charge in [-0.25, -0.2) is 0 Å². The van der Waals surface area contributed by atoms with Crippen LogP contribution in [0, 0.1) is 0 Å². The lowest BCUT2D eigenvalue weighted by atomic mass is 9.92. The molecule has 1 aliphatic carbocycles. The summed E-state index contributed by atoms with van der Waals surface area (Å²) in [6, 6.07) is 9.46. The lowest BCUT2D eigenvalue weighted by molar-refractivity contribution is -0.132. The number of hydrogen-bond acceptors (Lipinski definition) is 8. The van der Waals surface area contributed by atoms with E-state index in [2.05, 4.69) is 5.32 Å². The summed E-state index contributed by atoms with van der Waals surface area (Å²) in [6.45, 7) is 5.11. The third-order valence-electron chi connectivity index (χ3n) is 6.09. The van der Waals surface area contributed by atoms with Crippen molar-refractivity contribution in [3.8, 4) is 11.5 Å². The molecule has 2 amide bonds. The number of nitrogens with zero attached hydrogens (tertiary/aromatic N) is 2. The normalized spacial score (nSPS) is 17.7. The summed E-state index contributed by atoms with van der Waals surface area (Å²) in [5, 5.41) is 3.24. The molecule has 0 spiro atoms. The Bertz CT molecular complexity index is 1210. The SMILES string of the molecule is CC(C)Oc1cc(OCCN(C)C)ccc1Nc1cccc2c1C(=O)N(C1CCC(=O)CC1=O)C2=O. The van der Waals surface area contributed by atoms with Crippen LogP contribution in [0.5, 0.6) is 11.5 Å². The van der Waals surface area contributed by atoms with Crippen molar-refractivity contribution in [2.24, 2.45) is 0 Å². The Kier molecular flexibility index (Phi) is 7.40. The fraction of sp³-hybridized carbons (Fsp3) is 0.407. The third kappa shape index (κ3) is 5.26. The van der Waals surface area contributed by atoms with E-state index in [0.29, 0.717) is 29.5 Å². The van der Waals surface area contributed by atoms with Gasteiger partial charge in [-0.3, -0.25) is 24.1 Å². The highest BCUT2D eigenvalue weighted by molar-refractivity contribution is 6.26. The van der Waals surface area contributed by atoms with E-state index in [1.54, 1.807) is 30.3 Å². The number of likely N-dealkylation sites (N-methyl/N-ethyl adjacent to an activating group) is 1. The minimum absolute atomic E-state index is 0.109.